The molecule has 3 rings (SSSR count). The molecule has 0 aliphatic carbocycles. The number of nitrogens with zero attached hydrogens (tertiary/aromatic N) is 1. The van der Waals surface area contributed by atoms with Gasteiger partial charge in [-0.2, -0.15) is 0 Å². The van der Waals surface area contributed by atoms with Crippen molar-refractivity contribution in [3.05, 3.63) is 71.8 Å². The van der Waals surface area contributed by atoms with Gasteiger partial charge in [-0.3, -0.25) is 9.10 Å². The maximum atomic E-state index is 12.4. The summed E-state index contributed by atoms with van der Waals surface area (Å²) >= 11 is 0. The van der Waals surface area contributed by atoms with Crippen molar-refractivity contribution in [2.45, 2.75) is 13.8 Å². The van der Waals surface area contributed by atoms with E-state index < -0.39 is 10.0 Å². The zero-order chi connectivity index (χ0) is 21.7. The fraction of sp³-hybridized carbons (Fsp3) is 0.261. The first-order valence-electron chi connectivity index (χ1n) is 9.67. The van der Waals surface area contributed by atoms with Gasteiger partial charge in [0.25, 0.3) is 0 Å². The molecule has 7 heteroatoms. The average molecular weight is 427 g/mol. The number of carbonyl (C=O) groups is 1. The van der Waals surface area contributed by atoms with Crippen molar-refractivity contribution in [2.24, 2.45) is 0 Å². The lowest BCUT2D eigenvalue weighted by atomic mass is 10.1. The molecule has 0 unspecified atom stereocenters. The Morgan fingerprint density at radius 3 is 2.43 bits per heavy atom. The molecule has 6 nitrogen and oxygen atoms in total. The molecule has 3 aromatic rings. The fourth-order valence-electron chi connectivity index (χ4n) is 3.27. The lowest BCUT2D eigenvalue weighted by Crippen LogP contribution is -2.41. The van der Waals surface area contributed by atoms with Crippen molar-refractivity contribution in [2.75, 3.05) is 30.3 Å². The molecule has 0 spiro atoms. The third kappa shape index (κ3) is 5.51. The van der Waals surface area contributed by atoms with Crippen LogP contribution in [0.25, 0.3) is 10.8 Å². The molecule has 0 aromatic heterocycles. The topological polar surface area (TPSA) is 75.7 Å². The molecule has 0 aliphatic rings. The fourth-order valence-corrected chi connectivity index (χ4v) is 4.18. The summed E-state index contributed by atoms with van der Waals surface area (Å²) in [5, 5.41) is 4.93. The average Bonchev–Trinajstić information content (AvgIpc) is 2.69. The largest absolute Gasteiger partial charge is 0.492 e. The highest BCUT2D eigenvalue weighted by molar-refractivity contribution is 7.92. The van der Waals surface area contributed by atoms with Crippen molar-refractivity contribution in [1.82, 2.24) is 5.32 Å². The van der Waals surface area contributed by atoms with Crippen molar-refractivity contribution in [3.8, 4) is 5.75 Å². The van der Waals surface area contributed by atoms with Gasteiger partial charge < -0.3 is 10.1 Å². The summed E-state index contributed by atoms with van der Waals surface area (Å²) in [5.41, 5.74) is 2.33. The number of amides is 1. The quantitative estimate of drug-likeness (QED) is 0.560. The predicted octanol–water partition coefficient (Wildman–Crippen LogP) is 3.42. The molecular weight excluding hydrogens is 400 g/mol. The van der Waals surface area contributed by atoms with Crippen LogP contribution in [0.1, 0.15) is 11.1 Å². The third-order valence-electron chi connectivity index (χ3n) is 4.72. The summed E-state index contributed by atoms with van der Waals surface area (Å²) in [4.78, 5) is 12.4. The third-order valence-corrected chi connectivity index (χ3v) is 5.85. The standard InChI is InChI=1S/C23H26N2O4S/c1-17-8-11-22(18(2)14-17)25(30(3,27)28)16-23(26)24-12-13-29-21-10-9-19-6-4-5-7-20(19)15-21/h4-11,14-15H,12-13,16H2,1-3H3,(H,24,26). The first-order valence-corrected chi connectivity index (χ1v) is 11.5. The Morgan fingerprint density at radius 2 is 1.73 bits per heavy atom. The molecule has 1 amide bonds. The number of hydrogen-bond acceptors (Lipinski definition) is 4. The molecule has 0 radical (unpaired) electrons. The predicted molar refractivity (Wildman–Crippen MR) is 121 cm³/mol. The molecule has 158 valence electrons. The monoisotopic (exact) mass is 426 g/mol. The zero-order valence-corrected chi connectivity index (χ0v) is 18.2. The number of fused-ring (bicyclic) bond motifs is 1. The van der Waals surface area contributed by atoms with E-state index in [1.54, 1.807) is 6.07 Å². The number of hydrogen-bond donors (Lipinski definition) is 1. The van der Waals surface area contributed by atoms with Gasteiger partial charge >= 0.3 is 0 Å². The Labute approximate surface area is 177 Å². The maximum absolute atomic E-state index is 12.4. The van der Waals surface area contributed by atoms with Crippen LogP contribution >= 0.6 is 0 Å². The van der Waals surface area contributed by atoms with Gasteiger partial charge in [0.1, 0.15) is 18.9 Å². The van der Waals surface area contributed by atoms with E-state index in [9.17, 15) is 13.2 Å². The first-order chi connectivity index (χ1) is 14.2. The van der Waals surface area contributed by atoms with Crippen LogP contribution in [-0.4, -0.2) is 40.3 Å². The van der Waals surface area contributed by atoms with Gasteiger partial charge in [-0.25, -0.2) is 8.42 Å². The smallest absolute Gasteiger partial charge is 0.240 e. The number of anilines is 1. The van der Waals surface area contributed by atoms with Gasteiger partial charge in [-0.05, 0) is 48.4 Å². The van der Waals surface area contributed by atoms with Gasteiger partial charge in [0.05, 0.1) is 18.5 Å². The number of sulfonamides is 1. The van der Waals surface area contributed by atoms with E-state index in [4.69, 9.17) is 4.74 Å². The molecule has 30 heavy (non-hydrogen) atoms. The Kier molecular flexibility index (Phi) is 6.62. The number of aryl methyl sites for hydroxylation is 2. The Morgan fingerprint density at radius 1 is 1.00 bits per heavy atom. The highest BCUT2D eigenvalue weighted by Crippen LogP contribution is 2.23. The molecule has 3 aromatic carbocycles. The van der Waals surface area contributed by atoms with Gasteiger partial charge in [0, 0.05) is 0 Å². The van der Waals surface area contributed by atoms with Crippen LogP contribution in [0.4, 0.5) is 5.69 Å². The number of ether oxygens (including phenoxy) is 1. The van der Waals surface area contributed by atoms with Gasteiger partial charge in [-0.1, -0.05) is 48.0 Å². The van der Waals surface area contributed by atoms with E-state index in [0.717, 1.165) is 38.2 Å². The second kappa shape index (κ2) is 9.17. The number of carbonyl (C=O) groups excluding carboxylic acids is 1. The number of nitrogens with one attached hydrogen (secondary N) is 1. The van der Waals surface area contributed by atoms with Crippen molar-refractivity contribution in [1.29, 1.82) is 0 Å². The SMILES string of the molecule is Cc1ccc(N(CC(=O)NCCOc2ccc3ccccc3c2)S(C)(=O)=O)c(C)c1. The number of benzene rings is 3. The maximum Gasteiger partial charge on any atom is 0.240 e. The summed E-state index contributed by atoms with van der Waals surface area (Å²) < 4.78 is 31.3. The Bertz CT molecular complexity index is 1160. The summed E-state index contributed by atoms with van der Waals surface area (Å²) in [7, 11) is -3.60. The van der Waals surface area contributed by atoms with E-state index in [2.05, 4.69) is 5.32 Å². The minimum absolute atomic E-state index is 0.274. The zero-order valence-electron chi connectivity index (χ0n) is 17.4. The molecule has 0 heterocycles. The number of rotatable bonds is 8. The van der Waals surface area contributed by atoms with Crippen LogP contribution < -0.4 is 14.4 Å². The molecule has 0 atom stereocenters. The van der Waals surface area contributed by atoms with Crippen LogP contribution in [0, 0.1) is 13.8 Å². The summed E-state index contributed by atoms with van der Waals surface area (Å²) in [6.45, 7) is 4.04. The lowest BCUT2D eigenvalue weighted by Gasteiger charge is -2.24. The second-order valence-electron chi connectivity index (χ2n) is 7.27. The van der Waals surface area contributed by atoms with Gasteiger partial charge in [0.2, 0.25) is 15.9 Å². The van der Waals surface area contributed by atoms with Crippen LogP contribution in [-0.2, 0) is 14.8 Å². The lowest BCUT2D eigenvalue weighted by molar-refractivity contribution is -0.119. The van der Waals surface area contributed by atoms with Crippen LogP contribution in [0.3, 0.4) is 0 Å². The minimum atomic E-state index is -3.60. The normalized spacial score (nSPS) is 11.3. The summed E-state index contributed by atoms with van der Waals surface area (Å²) in [6, 6.07) is 19.3. The molecule has 1 N–H and O–H groups in total. The van der Waals surface area contributed by atoms with E-state index in [1.165, 1.54) is 0 Å². The van der Waals surface area contributed by atoms with Gasteiger partial charge in [-0.15, -0.1) is 0 Å². The van der Waals surface area contributed by atoms with Crippen molar-refractivity contribution >= 4 is 32.4 Å². The molecule has 0 fully saturated rings. The molecule has 0 saturated heterocycles. The first kappa shape index (κ1) is 21.6. The molecule has 0 saturated carbocycles. The molecule has 0 aliphatic heterocycles. The van der Waals surface area contributed by atoms with E-state index in [0.29, 0.717) is 5.69 Å². The van der Waals surface area contributed by atoms with E-state index in [1.807, 2.05) is 68.4 Å². The molecular formula is C23H26N2O4S. The van der Waals surface area contributed by atoms with Gasteiger partial charge in [0.15, 0.2) is 0 Å². The highest BCUT2D eigenvalue weighted by atomic mass is 32.2. The van der Waals surface area contributed by atoms with Crippen LogP contribution in [0.2, 0.25) is 0 Å². The van der Waals surface area contributed by atoms with Crippen molar-refractivity contribution < 1.29 is 17.9 Å². The van der Waals surface area contributed by atoms with Crippen molar-refractivity contribution in [3.63, 3.8) is 0 Å². The Balaban J connectivity index is 1.56. The summed E-state index contributed by atoms with van der Waals surface area (Å²) in [5.74, 6) is 0.332. The van der Waals surface area contributed by atoms with E-state index >= 15 is 0 Å². The molecule has 0 bridgehead atoms. The minimum Gasteiger partial charge on any atom is -0.492 e. The van der Waals surface area contributed by atoms with Crippen LogP contribution in [0.5, 0.6) is 5.75 Å². The Hall–Kier alpha value is -3.06. The van der Waals surface area contributed by atoms with E-state index in [-0.39, 0.29) is 25.6 Å². The highest BCUT2D eigenvalue weighted by Gasteiger charge is 2.22. The van der Waals surface area contributed by atoms with Crippen LogP contribution in [0.15, 0.2) is 60.7 Å². The summed E-state index contributed by atoms with van der Waals surface area (Å²) in [6.07, 6.45) is 1.10. The second-order valence-corrected chi connectivity index (χ2v) is 9.17.